The van der Waals surface area contributed by atoms with Crippen molar-refractivity contribution < 1.29 is 9.47 Å². The van der Waals surface area contributed by atoms with Crippen LogP contribution < -0.4 is 9.80 Å². The van der Waals surface area contributed by atoms with E-state index in [0.717, 1.165) is 62.3 Å². The van der Waals surface area contributed by atoms with Gasteiger partial charge >= 0.3 is 0 Å². The van der Waals surface area contributed by atoms with Gasteiger partial charge in [-0.2, -0.15) is 5.26 Å². The summed E-state index contributed by atoms with van der Waals surface area (Å²) in [6, 6.07) is 20.5. The van der Waals surface area contributed by atoms with E-state index in [2.05, 4.69) is 38.2 Å². The fourth-order valence-electron chi connectivity index (χ4n) is 4.15. The van der Waals surface area contributed by atoms with Crippen LogP contribution in [0.2, 0.25) is 0 Å². The molecule has 168 valence electrons. The van der Waals surface area contributed by atoms with Gasteiger partial charge in [0.15, 0.2) is 5.82 Å². The fraction of sp³-hybridized carbons (Fsp3) is 0.320. The van der Waals surface area contributed by atoms with Gasteiger partial charge < -0.3 is 19.3 Å². The van der Waals surface area contributed by atoms with Crippen molar-refractivity contribution in [3.8, 4) is 11.8 Å². The topological polar surface area (TPSA) is 79.4 Å². The van der Waals surface area contributed by atoms with Crippen LogP contribution in [0.1, 0.15) is 11.4 Å². The molecule has 0 aliphatic carbocycles. The Hall–Kier alpha value is -3.67. The molecule has 2 saturated heterocycles. The molecule has 0 bridgehead atoms. The number of benzene rings is 2. The Kier molecular flexibility index (Phi) is 6.33. The smallest absolute Gasteiger partial charge is 0.232 e. The van der Waals surface area contributed by atoms with Gasteiger partial charge in [-0.05, 0) is 35.9 Å². The zero-order chi connectivity index (χ0) is 22.5. The van der Waals surface area contributed by atoms with Gasteiger partial charge in [-0.1, -0.05) is 30.3 Å². The van der Waals surface area contributed by atoms with Gasteiger partial charge in [0.05, 0.1) is 37.7 Å². The third kappa shape index (κ3) is 4.60. The van der Waals surface area contributed by atoms with E-state index < -0.39 is 0 Å². The lowest BCUT2D eigenvalue weighted by Crippen LogP contribution is -2.38. The van der Waals surface area contributed by atoms with E-state index in [4.69, 9.17) is 9.47 Å². The molecule has 2 aliphatic rings. The number of rotatable bonds is 5. The first-order chi connectivity index (χ1) is 16.3. The van der Waals surface area contributed by atoms with Gasteiger partial charge in [-0.25, -0.2) is 0 Å². The molecule has 3 heterocycles. The van der Waals surface area contributed by atoms with Crippen molar-refractivity contribution in [2.75, 3.05) is 62.4 Å². The number of hydrogen-bond donors (Lipinski definition) is 0. The maximum Gasteiger partial charge on any atom is 0.232 e. The number of anilines is 2. The highest BCUT2D eigenvalue weighted by Crippen LogP contribution is 2.27. The number of ether oxygens (including phenoxy) is 2. The molecule has 0 spiro atoms. The van der Waals surface area contributed by atoms with Crippen molar-refractivity contribution >= 4 is 23.3 Å². The number of aromatic nitrogens is 3. The molecule has 8 heteroatoms. The van der Waals surface area contributed by atoms with Crippen molar-refractivity contribution in [3.05, 3.63) is 66.0 Å². The lowest BCUT2D eigenvalue weighted by Gasteiger charge is -2.28. The highest BCUT2D eigenvalue weighted by Gasteiger charge is 2.23. The first-order valence-corrected chi connectivity index (χ1v) is 11.2. The molecule has 5 rings (SSSR count). The molecule has 0 unspecified atom stereocenters. The third-order valence-corrected chi connectivity index (χ3v) is 5.90. The number of hydrogen-bond acceptors (Lipinski definition) is 7. The van der Waals surface area contributed by atoms with Crippen molar-refractivity contribution in [2.24, 2.45) is 0 Å². The van der Waals surface area contributed by atoms with E-state index in [1.807, 2.05) is 53.1 Å². The fourth-order valence-corrected chi connectivity index (χ4v) is 4.15. The van der Waals surface area contributed by atoms with Crippen molar-refractivity contribution in [1.82, 2.24) is 14.8 Å². The van der Waals surface area contributed by atoms with Crippen LogP contribution in [0.4, 0.5) is 11.6 Å². The minimum Gasteiger partial charge on any atom is -0.378 e. The monoisotopic (exact) mass is 442 g/mol. The van der Waals surface area contributed by atoms with Crippen LogP contribution in [0.3, 0.4) is 0 Å². The van der Waals surface area contributed by atoms with E-state index >= 15 is 0 Å². The van der Waals surface area contributed by atoms with E-state index in [1.54, 1.807) is 0 Å². The molecule has 0 atom stereocenters. The second-order valence-electron chi connectivity index (χ2n) is 7.95. The second kappa shape index (κ2) is 9.86. The maximum atomic E-state index is 10.0. The van der Waals surface area contributed by atoms with E-state index in [1.165, 1.54) is 0 Å². The standard InChI is InChI=1S/C25H26N6O2/c26-19-21(18-20-6-8-22(9-7-20)29-10-14-32-15-11-29)24-27-28-25(30-12-16-33-17-13-30)31(24)23-4-2-1-3-5-23/h1-9,18H,10-17H2/b21-18-. The Labute approximate surface area is 193 Å². The molecule has 0 radical (unpaired) electrons. The van der Waals surface area contributed by atoms with Crippen molar-refractivity contribution in [1.29, 1.82) is 5.26 Å². The summed E-state index contributed by atoms with van der Waals surface area (Å²) < 4.78 is 12.9. The van der Waals surface area contributed by atoms with Crippen LogP contribution in [0, 0.1) is 11.3 Å². The number of allylic oxidation sites excluding steroid dienone is 1. The molecular weight excluding hydrogens is 416 g/mol. The summed E-state index contributed by atoms with van der Waals surface area (Å²) in [6.07, 6.45) is 1.87. The largest absolute Gasteiger partial charge is 0.378 e. The molecule has 0 N–H and O–H groups in total. The van der Waals surface area contributed by atoms with Crippen LogP contribution in [-0.4, -0.2) is 67.4 Å². The lowest BCUT2D eigenvalue weighted by atomic mass is 10.1. The van der Waals surface area contributed by atoms with Crippen LogP contribution >= 0.6 is 0 Å². The van der Waals surface area contributed by atoms with Crippen molar-refractivity contribution in [2.45, 2.75) is 0 Å². The summed E-state index contributed by atoms with van der Waals surface area (Å²) in [5.41, 5.74) is 3.49. The van der Waals surface area contributed by atoms with Gasteiger partial charge in [0.1, 0.15) is 6.07 Å². The van der Waals surface area contributed by atoms with Gasteiger partial charge in [0.25, 0.3) is 0 Å². The zero-order valence-electron chi connectivity index (χ0n) is 18.4. The van der Waals surface area contributed by atoms with E-state index in [-0.39, 0.29) is 0 Å². The summed E-state index contributed by atoms with van der Waals surface area (Å²) in [5, 5.41) is 19.0. The van der Waals surface area contributed by atoms with Crippen LogP contribution in [0.15, 0.2) is 54.6 Å². The highest BCUT2D eigenvalue weighted by atomic mass is 16.5. The SMILES string of the molecule is N#C/C(=C/c1ccc(N2CCOCC2)cc1)c1nnc(N2CCOCC2)n1-c1ccccc1. The summed E-state index contributed by atoms with van der Waals surface area (Å²) in [6.45, 7) is 6.05. The first kappa shape index (κ1) is 21.2. The van der Waals surface area contributed by atoms with Gasteiger partial charge in [0.2, 0.25) is 5.95 Å². The molecular formula is C25H26N6O2. The molecule has 3 aromatic rings. The summed E-state index contributed by atoms with van der Waals surface area (Å²) in [7, 11) is 0. The molecule has 2 aliphatic heterocycles. The molecule has 2 aromatic carbocycles. The van der Waals surface area contributed by atoms with E-state index in [9.17, 15) is 5.26 Å². The predicted octanol–water partition coefficient (Wildman–Crippen LogP) is 3.00. The third-order valence-electron chi connectivity index (χ3n) is 5.90. The van der Waals surface area contributed by atoms with Gasteiger partial charge in [-0.3, -0.25) is 4.57 Å². The average molecular weight is 443 g/mol. The van der Waals surface area contributed by atoms with Crippen molar-refractivity contribution in [3.63, 3.8) is 0 Å². The highest BCUT2D eigenvalue weighted by molar-refractivity contribution is 5.88. The predicted molar refractivity (Wildman–Crippen MR) is 127 cm³/mol. The Balaban J connectivity index is 1.49. The second-order valence-corrected chi connectivity index (χ2v) is 7.95. The summed E-state index contributed by atoms with van der Waals surface area (Å²) in [4.78, 5) is 4.46. The maximum absolute atomic E-state index is 10.0. The molecule has 2 fully saturated rings. The van der Waals surface area contributed by atoms with E-state index in [0.29, 0.717) is 24.6 Å². The quantitative estimate of drug-likeness (QED) is 0.562. The molecule has 1 aromatic heterocycles. The lowest BCUT2D eigenvalue weighted by molar-refractivity contribution is 0.122. The summed E-state index contributed by atoms with van der Waals surface area (Å²) >= 11 is 0. The van der Waals surface area contributed by atoms with Gasteiger partial charge in [-0.15, -0.1) is 10.2 Å². The zero-order valence-corrected chi connectivity index (χ0v) is 18.4. The van der Waals surface area contributed by atoms with Crippen LogP contribution in [0.25, 0.3) is 17.3 Å². The first-order valence-electron chi connectivity index (χ1n) is 11.2. The normalized spacial score (nSPS) is 17.1. The summed E-state index contributed by atoms with van der Waals surface area (Å²) in [5.74, 6) is 1.26. The number of nitrogens with zero attached hydrogens (tertiary/aromatic N) is 6. The molecule has 0 amide bonds. The molecule has 0 saturated carbocycles. The Morgan fingerprint density at radius 1 is 0.788 bits per heavy atom. The van der Waals surface area contributed by atoms with Crippen LogP contribution in [-0.2, 0) is 9.47 Å². The minimum atomic E-state index is 0.463. The van der Waals surface area contributed by atoms with Crippen LogP contribution in [0.5, 0.6) is 0 Å². The number of nitriles is 1. The number of para-hydroxylation sites is 1. The molecule has 33 heavy (non-hydrogen) atoms. The van der Waals surface area contributed by atoms with Gasteiger partial charge in [0, 0.05) is 31.9 Å². The minimum absolute atomic E-state index is 0.463. The molecule has 8 nitrogen and oxygen atoms in total. The Morgan fingerprint density at radius 2 is 1.42 bits per heavy atom. The Bertz CT molecular complexity index is 1140. The average Bonchev–Trinajstić information content (AvgIpc) is 3.34. The Morgan fingerprint density at radius 3 is 2.06 bits per heavy atom. The number of morpholine rings is 2.